The van der Waals surface area contributed by atoms with Gasteiger partial charge in [-0.05, 0) is 18.9 Å². The maximum Gasteiger partial charge on any atom is 0.319 e. The topological polar surface area (TPSA) is 66.8 Å². The van der Waals surface area contributed by atoms with Crippen LogP contribution in [0.25, 0.3) is 0 Å². The van der Waals surface area contributed by atoms with Crippen LogP contribution in [0, 0.1) is 11.2 Å². The molecule has 0 aromatic heterocycles. The van der Waals surface area contributed by atoms with E-state index in [-0.39, 0.29) is 24.9 Å². The number of ether oxygens (including phenoxy) is 1. The fourth-order valence-electron chi connectivity index (χ4n) is 2.70. The van der Waals surface area contributed by atoms with Crippen molar-refractivity contribution >= 4 is 11.9 Å². The summed E-state index contributed by atoms with van der Waals surface area (Å²) in [4.78, 5) is 25.1. The predicted molar refractivity (Wildman–Crippen MR) is 71.0 cm³/mol. The average molecular weight is 293 g/mol. The number of aliphatic carboxylic acids is 1. The van der Waals surface area contributed by atoms with Gasteiger partial charge in [0, 0.05) is 12.1 Å². The zero-order valence-corrected chi connectivity index (χ0v) is 11.4. The Morgan fingerprint density at radius 3 is 2.67 bits per heavy atom. The largest absolute Gasteiger partial charge is 0.480 e. The van der Waals surface area contributed by atoms with Crippen molar-refractivity contribution in [2.75, 3.05) is 19.7 Å². The SMILES string of the molecule is O=C(O)C1(C(=O)N2CCO[C@H](c3ccccc3F)C2)CC1. The lowest BCUT2D eigenvalue weighted by Gasteiger charge is -2.34. The molecule has 0 unspecified atom stereocenters. The van der Waals surface area contributed by atoms with Crippen LogP contribution >= 0.6 is 0 Å². The number of hydrogen-bond donors (Lipinski definition) is 1. The van der Waals surface area contributed by atoms with Crippen LogP contribution in [0.5, 0.6) is 0 Å². The van der Waals surface area contributed by atoms with Gasteiger partial charge in [-0.1, -0.05) is 18.2 Å². The third-order valence-electron chi connectivity index (χ3n) is 4.17. The van der Waals surface area contributed by atoms with Gasteiger partial charge in [-0.3, -0.25) is 9.59 Å². The van der Waals surface area contributed by atoms with Gasteiger partial charge in [-0.2, -0.15) is 0 Å². The number of morpholine rings is 1. The number of carbonyl (C=O) groups excluding carboxylic acids is 1. The number of halogens is 1. The Hall–Kier alpha value is -1.95. The molecule has 1 aromatic rings. The monoisotopic (exact) mass is 293 g/mol. The van der Waals surface area contributed by atoms with E-state index in [1.165, 1.54) is 11.0 Å². The van der Waals surface area contributed by atoms with Crippen molar-refractivity contribution in [2.24, 2.45) is 5.41 Å². The van der Waals surface area contributed by atoms with Crippen LogP contribution in [0.3, 0.4) is 0 Å². The standard InChI is InChI=1S/C15H16FNO4/c16-11-4-2-1-3-10(11)12-9-17(7-8-21-12)13(18)15(5-6-15)14(19)20/h1-4,12H,5-9H2,(H,19,20)/t12-/m0/s1. The van der Waals surface area contributed by atoms with Crippen molar-refractivity contribution in [2.45, 2.75) is 18.9 Å². The normalized spacial score (nSPS) is 23.7. The molecule has 1 heterocycles. The number of carboxylic acid groups (broad SMARTS) is 1. The maximum atomic E-state index is 13.8. The molecule has 1 aromatic carbocycles. The molecule has 1 aliphatic carbocycles. The predicted octanol–water partition coefficient (Wildman–Crippen LogP) is 1.59. The van der Waals surface area contributed by atoms with Gasteiger partial charge < -0.3 is 14.7 Å². The van der Waals surface area contributed by atoms with Crippen LogP contribution < -0.4 is 0 Å². The third-order valence-corrected chi connectivity index (χ3v) is 4.17. The van der Waals surface area contributed by atoms with Crippen LogP contribution in [-0.2, 0) is 14.3 Å². The van der Waals surface area contributed by atoms with Crippen LogP contribution in [0.4, 0.5) is 4.39 Å². The van der Waals surface area contributed by atoms with E-state index >= 15 is 0 Å². The Morgan fingerprint density at radius 2 is 2.05 bits per heavy atom. The molecule has 6 heteroatoms. The molecule has 2 fully saturated rings. The maximum absolute atomic E-state index is 13.8. The van der Waals surface area contributed by atoms with Gasteiger partial charge in [-0.15, -0.1) is 0 Å². The summed E-state index contributed by atoms with van der Waals surface area (Å²) in [5.41, 5.74) is -0.855. The molecule has 5 nitrogen and oxygen atoms in total. The number of nitrogens with zero attached hydrogens (tertiary/aromatic N) is 1. The molecule has 0 bridgehead atoms. The van der Waals surface area contributed by atoms with E-state index in [4.69, 9.17) is 4.74 Å². The fourth-order valence-corrected chi connectivity index (χ4v) is 2.70. The molecule has 2 aliphatic rings. The number of amides is 1. The molecule has 1 aliphatic heterocycles. The first-order valence-electron chi connectivity index (χ1n) is 6.93. The molecule has 112 valence electrons. The number of carbonyl (C=O) groups is 2. The smallest absolute Gasteiger partial charge is 0.319 e. The average Bonchev–Trinajstić information content (AvgIpc) is 3.29. The zero-order chi connectivity index (χ0) is 15.0. The molecule has 1 N–H and O–H groups in total. The van der Waals surface area contributed by atoms with Gasteiger partial charge in [0.05, 0.1) is 13.2 Å². The second-order valence-corrected chi connectivity index (χ2v) is 5.52. The second kappa shape index (κ2) is 5.11. The number of hydrogen-bond acceptors (Lipinski definition) is 3. The minimum absolute atomic E-state index is 0.189. The Labute approximate surface area is 121 Å². The highest BCUT2D eigenvalue weighted by atomic mass is 19.1. The van der Waals surface area contributed by atoms with Gasteiger partial charge in [-0.25, -0.2) is 4.39 Å². The zero-order valence-electron chi connectivity index (χ0n) is 11.4. The number of carboxylic acids is 1. The lowest BCUT2D eigenvalue weighted by molar-refractivity contribution is -0.157. The second-order valence-electron chi connectivity index (χ2n) is 5.52. The Morgan fingerprint density at radius 1 is 1.33 bits per heavy atom. The highest BCUT2D eigenvalue weighted by Crippen LogP contribution is 2.48. The molecule has 1 amide bonds. The first-order valence-corrected chi connectivity index (χ1v) is 6.93. The van der Waals surface area contributed by atoms with E-state index in [9.17, 15) is 19.1 Å². The minimum atomic E-state index is -1.25. The molecule has 1 atom stereocenters. The number of benzene rings is 1. The molecule has 0 radical (unpaired) electrons. The van der Waals surface area contributed by atoms with Crippen molar-refractivity contribution in [3.05, 3.63) is 35.6 Å². The summed E-state index contributed by atoms with van der Waals surface area (Å²) in [7, 11) is 0. The Kier molecular flexibility index (Phi) is 3.41. The summed E-state index contributed by atoms with van der Waals surface area (Å²) < 4.78 is 19.3. The summed E-state index contributed by atoms with van der Waals surface area (Å²) in [6, 6.07) is 6.27. The molecular formula is C15H16FNO4. The van der Waals surface area contributed by atoms with Crippen molar-refractivity contribution in [1.82, 2.24) is 4.90 Å². The van der Waals surface area contributed by atoms with Gasteiger partial charge >= 0.3 is 5.97 Å². The van der Waals surface area contributed by atoms with E-state index in [0.29, 0.717) is 24.9 Å². The van der Waals surface area contributed by atoms with Crippen LogP contribution in [0.2, 0.25) is 0 Å². The summed E-state index contributed by atoms with van der Waals surface area (Å²) in [5, 5.41) is 9.19. The van der Waals surface area contributed by atoms with Gasteiger partial charge in [0.25, 0.3) is 0 Å². The molecule has 1 saturated heterocycles. The first-order chi connectivity index (χ1) is 10.0. The van der Waals surface area contributed by atoms with E-state index in [1.54, 1.807) is 18.2 Å². The molecular weight excluding hydrogens is 277 g/mol. The van der Waals surface area contributed by atoms with Crippen molar-refractivity contribution in [1.29, 1.82) is 0 Å². The van der Waals surface area contributed by atoms with Gasteiger partial charge in [0.2, 0.25) is 5.91 Å². The van der Waals surface area contributed by atoms with E-state index in [1.807, 2.05) is 0 Å². The van der Waals surface area contributed by atoms with Crippen molar-refractivity contribution in [3.63, 3.8) is 0 Å². The van der Waals surface area contributed by atoms with E-state index in [0.717, 1.165) is 0 Å². The van der Waals surface area contributed by atoms with Crippen LogP contribution in [0.1, 0.15) is 24.5 Å². The summed E-state index contributed by atoms with van der Waals surface area (Å²) in [6.07, 6.45) is 0.208. The van der Waals surface area contributed by atoms with Crippen LogP contribution in [0.15, 0.2) is 24.3 Å². The van der Waals surface area contributed by atoms with Crippen molar-refractivity contribution in [3.8, 4) is 0 Å². The molecule has 1 saturated carbocycles. The molecule has 0 spiro atoms. The van der Waals surface area contributed by atoms with Crippen LogP contribution in [-0.4, -0.2) is 41.6 Å². The summed E-state index contributed by atoms with van der Waals surface area (Å²) in [6.45, 7) is 0.814. The van der Waals surface area contributed by atoms with E-state index in [2.05, 4.69) is 0 Å². The van der Waals surface area contributed by atoms with Crippen molar-refractivity contribution < 1.29 is 23.8 Å². The Bertz CT molecular complexity index is 585. The minimum Gasteiger partial charge on any atom is -0.480 e. The first kappa shape index (κ1) is 14.0. The molecule has 3 rings (SSSR count). The fraction of sp³-hybridized carbons (Fsp3) is 0.467. The summed E-state index contributed by atoms with van der Waals surface area (Å²) in [5.74, 6) is -1.82. The van der Waals surface area contributed by atoms with Gasteiger partial charge in [0.1, 0.15) is 17.3 Å². The summed E-state index contributed by atoms with van der Waals surface area (Å²) >= 11 is 0. The molecule has 21 heavy (non-hydrogen) atoms. The lowest BCUT2D eigenvalue weighted by Crippen LogP contribution is -2.47. The van der Waals surface area contributed by atoms with E-state index < -0.39 is 17.5 Å². The lowest BCUT2D eigenvalue weighted by atomic mass is 10.0. The number of rotatable bonds is 3. The van der Waals surface area contributed by atoms with Gasteiger partial charge in [0.15, 0.2) is 0 Å². The third kappa shape index (κ3) is 2.40. The quantitative estimate of drug-likeness (QED) is 0.859. The highest BCUT2D eigenvalue weighted by Gasteiger charge is 2.58. The highest BCUT2D eigenvalue weighted by molar-refractivity contribution is 6.04. The Balaban J connectivity index is 1.76.